The molecular formula is C44H46BrOPSi. The van der Waals surface area contributed by atoms with Gasteiger partial charge in [0.1, 0.15) is 23.2 Å². The Morgan fingerprint density at radius 1 is 0.500 bits per heavy atom. The predicted molar refractivity (Wildman–Crippen MR) is 207 cm³/mol. The molecular weight excluding hydrogens is 683 g/mol. The van der Waals surface area contributed by atoms with E-state index in [1.807, 2.05) is 0 Å². The van der Waals surface area contributed by atoms with Crippen molar-refractivity contribution in [2.75, 3.05) is 0 Å². The van der Waals surface area contributed by atoms with Gasteiger partial charge in [-0.15, -0.1) is 0 Å². The molecule has 4 heteroatoms. The minimum Gasteiger partial charge on any atom is -1.00 e. The molecule has 0 radical (unpaired) electrons. The monoisotopic (exact) mass is 728 g/mol. The quantitative estimate of drug-likeness (QED) is 0.127. The molecule has 0 atom stereocenters. The van der Waals surface area contributed by atoms with Gasteiger partial charge < -0.3 is 21.4 Å². The lowest BCUT2D eigenvalue weighted by atomic mass is 10.0. The fourth-order valence-corrected chi connectivity index (χ4v) is 16.1. The van der Waals surface area contributed by atoms with Crippen LogP contribution in [-0.4, -0.2) is 8.32 Å². The van der Waals surface area contributed by atoms with E-state index < -0.39 is 15.6 Å². The predicted octanol–water partition coefficient (Wildman–Crippen LogP) is 5.88. The summed E-state index contributed by atoms with van der Waals surface area (Å²) in [7, 11) is -4.66. The summed E-state index contributed by atoms with van der Waals surface area (Å²) in [6.07, 6.45) is 0.966. The molecule has 0 aliphatic rings. The summed E-state index contributed by atoms with van der Waals surface area (Å²) in [5.41, 5.74) is 5.28. The van der Waals surface area contributed by atoms with Gasteiger partial charge in [0.05, 0.1) is 12.8 Å². The highest BCUT2D eigenvalue weighted by molar-refractivity contribution is 7.95. The summed E-state index contributed by atoms with van der Waals surface area (Å²) in [6.45, 7) is 12.2. The molecule has 6 aromatic carbocycles. The van der Waals surface area contributed by atoms with Crippen LogP contribution < -0.4 is 43.3 Å². The maximum absolute atomic E-state index is 7.38. The first-order chi connectivity index (χ1) is 22.8. The first-order valence-corrected chi connectivity index (χ1v) is 20.5. The van der Waals surface area contributed by atoms with Crippen molar-refractivity contribution in [3.63, 3.8) is 0 Å². The second-order valence-corrected chi connectivity index (χ2v) is 21.4. The highest BCUT2D eigenvalue weighted by Crippen LogP contribution is 2.58. The molecule has 6 rings (SSSR count). The highest BCUT2D eigenvalue weighted by Gasteiger charge is 2.50. The molecule has 1 nitrogen and oxygen atoms in total. The molecule has 6 aromatic rings. The summed E-state index contributed by atoms with van der Waals surface area (Å²) in [5.74, 6) is 0. The normalized spacial score (nSPS) is 11.9. The van der Waals surface area contributed by atoms with Gasteiger partial charge in [0, 0.05) is 0 Å². The number of aryl methyl sites for hydroxylation is 2. The average molecular weight is 730 g/mol. The van der Waals surface area contributed by atoms with E-state index in [0.717, 1.165) is 6.16 Å². The molecule has 0 bridgehead atoms. The lowest BCUT2D eigenvalue weighted by Crippen LogP contribution is -3.00. The van der Waals surface area contributed by atoms with Crippen molar-refractivity contribution >= 4 is 41.9 Å². The Bertz CT molecular complexity index is 1750. The largest absolute Gasteiger partial charge is 1.00 e. The van der Waals surface area contributed by atoms with Gasteiger partial charge in [0.2, 0.25) is 0 Å². The van der Waals surface area contributed by atoms with Gasteiger partial charge in [-0.3, -0.25) is 0 Å². The standard InChI is InChI=1S/C44H46OPSi.BrH/c1-35-32-38(34-46(39-21-11-6-12-22-39,40-23-13-7-14-24-40)41-25-15-8-16-26-41)36(2)31-37(35)33-45-47(44(3,4)5,42-27-17-9-18-28-42)43-29-19-10-20-30-43;/h6-32H,33-34H2,1-5H3;1H/q+1;/p-1. The van der Waals surface area contributed by atoms with E-state index in [4.69, 9.17) is 4.43 Å². The zero-order valence-corrected chi connectivity index (χ0v) is 32.2. The van der Waals surface area contributed by atoms with Crippen molar-refractivity contribution in [3.05, 3.63) is 186 Å². The van der Waals surface area contributed by atoms with E-state index in [9.17, 15) is 0 Å². The molecule has 0 heterocycles. The minimum atomic E-state index is -2.65. The second-order valence-electron chi connectivity index (χ2n) is 13.6. The van der Waals surface area contributed by atoms with Crippen LogP contribution >= 0.6 is 7.26 Å². The van der Waals surface area contributed by atoms with Crippen molar-refractivity contribution in [1.82, 2.24) is 0 Å². The Labute approximate surface area is 300 Å². The molecule has 0 aromatic heterocycles. The Hall–Kier alpha value is -3.59. The van der Waals surface area contributed by atoms with Crippen molar-refractivity contribution in [2.24, 2.45) is 0 Å². The first-order valence-electron chi connectivity index (χ1n) is 16.6. The summed E-state index contributed by atoms with van der Waals surface area (Å²) < 4.78 is 7.38. The lowest BCUT2D eigenvalue weighted by molar-refractivity contribution is -0.0000101. The Morgan fingerprint density at radius 2 is 0.833 bits per heavy atom. The van der Waals surface area contributed by atoms with Crippen molar-refractivity contribution in [2.45, 2.75) is 52.4 Å². The van der Waals surface area contributed by atoms with Gasteiger partial charge in [0.25, 0.3) is 8.32 Å². The molecule has 0 fully saturated rings. The van der Waals surface area contributed by atoms with Gasteiger partial charge >= 0.3 is 0 Å². The third-order valence-electron chi connectivity index (χ3n) is 9.65. The Morgan fingerprint density at radius 3 is 1.21 bits per heavy atom. The molecule has 0 saturated carbocycles. The third kappa shape index (κ3) is 6.93. The maximum atomic E-state index is 7.38. The fraction of sp³-hybridized carbons (Fsp3) is 0.182. The lowest BCUT2D eigenvalue weighted by Gasteiger charge is -2.43. The number of hydrogen-bond acceptors (Lipinski definition) is 1. The van der Waals surface area contributed by atoms with Crippen molar-refractivity contribution in [3.8, 4) is 0 Å². The minimum absolute atomic E-state index is 0. The molecule has 48 heavy (non-hydrogen) atoms. The van der Waals surface area contributed by atoms with Crippen LogP contribution in [0.1, 0.15) is 43.0 Å². The van der Waals surface area contributed by atoms with Crippen molar-refractivity contribution in [1.29, 1.82) is 0 Å². The molecule has 0 amide bonds. The number of halogens is 1. The van der Waals surface area contributed by atoms with Crippen LogP contribution in [0.15, 0.2) is 164 Å². The molecule has 0 spiro atoms. The summed E-state index contributed by atoms with van der Waals surface area (Å²) in [4.78, 5) is 0. The van der Waals surface area contributed by atoms with Crippen molar-refractivity contribution < 1.29 is 21.4 Å². The van der Waals surface area contributed by atoms with Crippen LogP contribution in [0, 0.1) is 13.8 Å². The molecule has 0 unspecified atom stereocenters. The van der Waals surface area contributed by atoms with Crippen LogP contribution in [0.2, 0.25) is 5.04 Å². The summed E-state index contributed by atoms with van der Waals surface area (Å²) in [5, 5.41) is 6.79. The molecule has 0 N–H and O–H groups in total. The topological polar surface area (TPSA) is 9.23 Å². The van der Waals surface area contributed by atoms with E-state index in [2.05, 4.69) is 198 Å². The number of benzene rings is 6. The van der Waals surface area contributed by atoms with Gasteiger partial charge in [-0.25, -0.2) is 0 Å². The van der Waals surface area contributed by atoms with Gasteiger partial charge in [0.15, 0.2) is 0 Å². The van der Waals surface area contributed by atoms with E-state index in [1.165, 1.54) is 48.5 Å². The molecule has 244 valence electrons. The summed E-state index contributed by atoms with van der Waals surface area (Å²) in [6, 6.07) is 60.3. The second kappa shape index (κ2) is 15.3. The van der Waals surface area contributed by atoms with E-state index in [1.54, 1.807) is 0 Å². The number of hydrogen-bond donors (Lipinski definition) is 0. The van der Waals surface area contributed by atoms with Gasteiger partial charge in [-0.2, -0.15) is 0 Å². The zero-order chi connectivity index (χ0) is 32.9. The van der Waals surface area contributed by atoms with E-state index in [-0.39, 0.29) is 22.0 Å². The molecule has 0 aliphatic carbocycles. The third-order valence-corrected chi connectivity index (χ3v) is 19.0. The van der Waals surface area contributed by atoms with E-state index in [0.29, 0.717) is 6.61 Å². The first kappa shape index (κ1) is 35.7. The van der Waals surface area contributed by atoms with Crippen LogP contribution in [-0.2, 0) is 17.2 Å². The van der Waals surface area contributed by atoms with Crippen LogP contribution in [0.25, 0.3) is 0 Å². The Balaban J connectivity index is 0.00000451. The molecule has 0 aliphatic heterocycles. The maximum Gasteiger partial charge on any atom is 0.261 e. The SMILES string of the molecule is Cc1cc(C[P+](c2ccccc2)(c2ccccc2)c2ccccc2)c(C)cc1CO[Si](c1ccccc1)(c1ccccc1)C(C)(C)C.[Br-]. The van der Waals surface area contributed by atoms with Gasteiger partial charge in [-0.1, -0.05) is 148 Å². The van der Waals surface area contributed by atoms with Crippen LogP contribution in [0.4, 0.5) is 0 Å². The van der Waals surface area contributed by atoms with Crippen LogP contribution in [0.3, 0.4) is 0 Å². The highest BCUT2D eigenvalue weighted by atomic mass is 79.9. The van der Waals surface area contributed by atoms with Crippen LogP contribution in [0.5, 0.6) is 0 Å². The molecule has 0 saturated heterocycles. The zero-order valence-electron chi connectivity index (χ0n) is 28.7. The van der Waals surface area contributed by atoms with E-state index >= 15 is 0 Å². The Kier molecular flexibility index (Phi) is 11.4. The smallest absolute Gasteiger partial charge is 0.261 e. The summed E-state index contributed by atoms with van der Waals surface area (Å²) >= 11 is 0. The van der Waals surface area contributed by atoms with Gasteiger partial charge in [-0.05, 0) is 87.9 Å². The average Bonchev–Trinajstić information content (AvgIpc) is 3.11. The fourth-order valence-electron chi connectivity index (χ4n) is 7.23. The number of rotatable bonds is 10.